The van der Waals surface area contributed by atoms with E-state index in [2.05, 4.69) is 27.0 Å². The average Bonchev–Trinajstić information content (AvgIpc) is 3.04. The molecule has 0 saturated carbocycles. The van der Waals surface area contributed by atoms with Gasteiger partial charge < -0.3 is 15.0 Å². The Balaban J connectivity index is 1.60. The number of morpholine rings is 1. The summed E-state index contributed by atoms with van der Waals surface area (Å²) in [7, 11) is 0. The molecule has 116 valence electrons. The minimum absolute atomic E-state index is 0.633. The van der Waals surface area contributed by atoms with Crippen LogP contribution in [0.3, 0.4) is 0 Å². The van der Waals surface area contributed by atoms with E-state index in [4.69, 9.17) is 9.72 Å². The van der Waals surface area contributed by atoms with Gasteiger partial charge in [0.15, 0.2) is 0 Å². The second-order valence-electron chi connectivity index (χ2n) is 5.69. The lowest BCUT2D eigenvalue weighted by Gasteiger charge is -2.32. The predicted octanol–water partition coefficient (Wildman–Crippen LogP) is 0.497. The number of hydrogen-bond donors (Lipinski definition) is 1. The molecule has 0 aromatic carbocycles. The van der Waals surface area contributed by atoms with E-state index in [0.29, 0.717) is 6.04 Å². The third-order valence-corrected chi connectivity index (χ3v) is 4.28. The Hall–Kier alpha value is -1.24. The third kappa shape index (κ3) is 3.70. The van der Waals surface area contributed by atoms with E-state index in [-0.39, 0.29) is 0 Å². The molecule has 2 fully saturated rings. The molecule has 2 aliphatic rings. The molecule has 0 aliphatic carbocycles. The van der Waals surface area contributed by atoms with Crippen LogP contribution in [0.1, 0.15) is 19.0 Å². The number of rotatable bonds is 5. The van der Waals surface area contributed by atoms with E-state index >= 15 is 0 Å². The van der Waals surface area contributed by atoms with Crippen LogP contribution in [0.2, 0.25) is 0 Å². The molecule has 1 unspecified atom stereocenters. The molecule has 3 heterocycles. The summed E-state index contributed by atoms with van der Waals surface area (Å²) < 4.78 is 5.44. The van der Waals surface area contributed by atoms with E-state index in [0.717, 1.165) is 64.0 Å². The predicted molar refractivity (Wildman–Crippen MR) is 82.4 cm³/mol. The van der Waals surface area contributed by atoms with Gasteiger partial charge in [-0.25, -0.2) is 4.98 Å². The van der Waals surface area contributed by atoms with Gasteiger partial charge in [0.2, 0.25) is 0 Å². The van der Waals surface area contributed by atoms with Gasteiger partial charge in [-0.2, -0.15) is 0 Å². The minimum atomic E-state index is 0.633. The van der Waals surface area contributed by atoms with Crippen molar-refractivity contribution in [3.63, 3.8) is 0 Å². The van der Waals surface area contributed by atoms with Gasteiger partial charge in [-0.15, -0.1) is 0 Å². The molecule has 21 heavy (non-hydrogen) atoms. The highest BCUT2D eigenvalue weighted by molar-refractivity contribution is 5.38. The Morgan fingerprint density at radius 1 is 1.29 bits per heavy atom. The number of nitrogens with zero attached hydrogens (tertiary/aromatic N) is 4. The molecule has 1 atom stereocenters. The van der Waals surface area contributed by atoms with Crippen molar-refractivity contribution in [2.24, 2.45) is 0 Å². The Bertz CT molecular complexity index is 449. The first-order valence-electron chi connectivity index (χ1n) is 7.95. The summed E-state index contributed by atoms with van der Waals surface area (Å²) in [6.45, 7) is 9.83. The molecule has 1 aromatic rings. The van der Waals surface area contributed by atoms with Crippen LogP contribution in [-0.2, 0) is 11.3 Å². The lowest BCUT2D eigenvalue weighted by atomic mass is 10.2. The molecule has 1 aromatic heterocycles. The van der Waals surface area contributed by atoms with Gasteiger partial charge in [0.25, 0.3) is 0 Å². The highest BCUT2D eigenvalue weighted by atomic mass is 16.5. The summed E-state index contributed by atoms with van der Waals surface area (Å²) >= 11 is 0. The number of anilines is 1. The SMILES string of the molecule is CCNCc1cncc(N2CCC(N3CCOCC3)C2)n1. The smallest absolute Gasteiger partial charge is 0.147 e. The molecule has 3 rings (SSSR count). The van der Waals surface area contributed by atoms with Crippen LogP contribution in [0.5, 0.6) is 0 Å². The van der Waals surface area contributed by atoms with Crippen LogP contribution in [-0.4, -0.2) is 66.8 Å². The van der Waals surface area contributed by atoms with E-state index < -0.39 is 0 Å². The molecule has 1 N–H and O–H groups in total. The van der Waals surface area contributed by atoms with Gasteiger partial charge in [0, 0.05) is 45.0 Å². The first-order chi connectivity index (χ1) is 10.4. The Morgan fingerprint density at radius 2 is 2.14 bits per heavy atom. The van der Waals surface area contributed by atoms with Crippen LogP contribution in [0.15, 0.2) is 12.4 Å². The zero-order valence-electron chi connectivity index (χ0n) is 12.8. The van der Waals surface area contributed by atoms with Gasteiger partial charge in [-0.05, 0) is 13.0 Å². The zero-order valence-corrected chi connectivity index (χ0v) is 12.8. The Morgan fingerprint density at radius 3 is 2.95 bits per heavy atom. The summed E-state index contributed by atoms with van der Waals surface area (Å²) in [5.74, 6) is 1.01. The number of ether oxygens (including phenoxy) is 1. The van der Waals surface area contributed by atoms with Gasteiger partial charge in [0.05, 0.1) is 25.1 Å². The molecule has 2 saturated heterocycles. The lowest BCUT2D eigenvalue weighted by Crippen LogP contribution is -2.44. The zero-order chi connectivity index (χ0) is 14.5. The van der Waals surface area contributed by atoms with Crippen molar-refractivity contribution in [1.82, 2.24) is 20.2 Å². The molecule has 0 amide bonds. The molecular weight excluding hydrogens is 266 g/mol. The van der Waals surface area contributed by atoms with Crippen molar-refractivity contribution < 1.29 is 4.74 Å². The van der Waals surface area contributed by atoms with Crippen molar-refractivity contribution in [1.29, 1.82) is 0 Å². The highest BCUT2D eigenvalue weighted by Crippen LogP contribution is 2.21. The van der Waals surface area contributed by atoms with Gasteiger partial charge in [-0.1, -0.05) is 6.92 Å². The van der Waals surface area contributed by atoms with Gasteiger partial charge >= 0.3 is 0 Å². The molecule has 6 heteroatoms. The van der Waals surface area contributed by atoms with Crippen molar-refractivity contribution in [3.05, 3.63) is 18.1 Å². The van der Waals surface area contributed by atoms with Gasteiger partial charge in [0.1, 0.15) is 5.82 Å². The number of nitrogens with one attached hydrogen (secondary N) is 1. The van der Waals surface area contributed by atoms with E-state index in [1.807, 2.05) is 12.4 Å². The van der Waals surface area contributed by atoms with Gasteiger partial charge in [-0.3, -0.25) is 9.88 Å². The number of aromatic nitrogens is 2. The maximum absolute atomic E-state index is 5.44. The van der Waals surface area contributed by atoms with Crippen LogP contribution in [0.4, 0.5) is 5.82 Å². The second-order valence-corrected chi connectivity index (χ2v) is 5.69. The maximum atomic E-state index is 5.44. The van der Waals surface area contributed by atoms with Crippen molar-refractivity contribution in [3.8, 4) is 0 Å². The molecule has 0 radical (unpaired) electrons. The standard InChI is InChI=1S/C15H25N5O/c1-2-16-9-13-10-17-11-15(18-13)20-4-3-14(12-20)19-5-7-21-8-6-19/h10-11,14,16H,2-9,12H2,1H3. The van der Waals surface area contributed by atoms with Crippen LogP contribution in [0, 0.1) is 0 Å². The Kier molecular flexibility index (Phi) is 5.00. The molecule has 6 nitrogen and oxygen atoms in total. The summed E-state index contributed by atoms with van der Waals surface area (Å²) in [5, 5.41) is 3.30. The molecule has 0 spiro atoms. The van der Waals surface area contributed by atoms with Crippen LogP contribution >= 0.6 is 0 Å². The highest BCUT2D eigenvalue weighted by Gasteiger charge is 2.29. The normalized spacial score (nSPS) is 23.7. The summed E-state index contributed by atoms with van der Waals surface area (Å²) in [6.07, 6.45) is 4.94. The van der Waals surface area contributed by atoms with Crippen molar-refractivity contribution in [2.45, 2.75) is 25.9 Å². The maximum Gasteiger partial charge on any atom is 0.147 e. The largest absolute Gasteiger partial charge is 0.379 e. The lowest BCUT2D eigenvalue weighted by molar-refractivity contribution is 0.0209. The van der Waals surface area contributed by atoms with Crippen molar-refractivity contribution in [2.75, 3.05) is 50.8 Å². The Labute approximate surface area is 126 Å². The molecule has 2 aliphatic heterocycles. The first-order valence-corrected chi connectivity index (χ1v) is 7.95. The first kappa shape index (κ1) is 14.7. The minimum Gasteiger partial charge on any atom is -0.379 e. The van der Waals surface area contributed by atoms with E-state index in [9.17, 15) is 0 Å². The topological polar surface area (TPSA) is 53.5 Å². The summed E-state index contributed by atoms with van der Waals surface area (Å²) in [4.78, 5) is 14.0. The summed E-state index contributed by atoms with van der Waals surface area (Å²) in [5.41, 5.74) is 1.02. The quantitative estimate of drug-likeness (QED) is 0.852. The third-order valence-electron chi connectivity index (χ3n) is 4.28. The number of hydrogen-bond acceptors (Lipinski definition) is 6. The fraction of sp³-hybridized carbons (Fsp3) is 0.733. The monoisotopic (exact) mass is 291 g/mol. The molecular formula is C15H25N5O. The van der Waals surface area contributed by atoms with Crippen LogP contribution < -0.4 is 10.2 Å². The van der Waals surface area contributed by atoms with E-state index in [1.54, 1.807) is 0 Å². The fourth-order valence-corrected chi connectivity index (χ4v) is 3.08. The summed E-state index contributed by atoms with van der Waals surface area (Å²) in [6, 6.07) is 0.633. The van der Waals surface area contributed by atoms with Crippen molar-refractivity contribution >= 4 is 5.82 Å². The van der Waals surface area contributed by atoms with E-state index in [1.165, 1.54) is 6.42 Å². The second kappa shape index (κ2) is 7.15. The average molecular weight is 291 g/mol. The van der Waals surface area contributed by atoms with Crippen LogP contribution in [0.25, 0.3) is 0 Å². The molecule has 0 bridgehead atoms. The fourth-order valence-electron chi connectivity index (χ4n) is 3.08.